The van der Waals surface area contributed by atoms with Crippen LogP contribution in [0, 0.1) is 17.8 Å². The van der Waals surface area contributed by atoms with Gasteiger partial charge in [0.05, 0.1) is 13.0 Å². The standard InChI is InChI=1S/C29H39NO7.H2S/c1-16(2)19(28(33)34)15-18(31)6-5-7-24(32)36-23-11-9-20-21-14-17-8-10-22(35-4)26-25(17)29(20,27(23)37-26)12-13-30(21)3;/h8,10,16,19-21,23,27H,5-7,9,11-15H2,1-4H3,(H,33,34);1H2/t19?,20?,21-,23+,27+,29+;/m1./s1. The van der Waals surface area contributed by atoms with Crippen molar-refractivity contribution in [1.82, 2.24) is 4.90 Å². The molecule has 8 nitrogen and oxygen atoms in total. The summed E-state index contributed by atoms with van der Waals surface area (Å²) in [4.78, 5) is 39.1. The van der Waals surface area contributed by atoms with Gasteiger partial charge in [0, 0.05) is 36.3 Å². The Labute approximate surface area is 231 Å². The molecule has 0 radical (unpaired) electrons. The lowest BCUT2D eigenvalue weighted by molar-refractivity contribution is -0.166. The number of ether oxygens (including phenoxy) is 3. The number of esters is 1. The van der Waals surface area contributed by atoms with E-state index in [1.807, 2.05) is 6.07 Å². The Morgan fingerprint density at radius 1 is 1.21 bits per heavy atom. The van der Waals surface area contributed by atoms with E-state index in [0.717, 1.165) is 43.7 Å². The quantitative estimate of drug-likeness (QED) is 0.441. The zero-order chi connectivity index (χ0) is 26.5. The molecule has 2 heterocycles. The van der Waals surface area contributed by atoms with Gasteiger partial charge in [-0.25, -0.2) is 0 Å². The van der Waals surface area contributed by atoms with E-state index in [4.69, 9.17) is 14.2 Å². The maximum Gasteiger partial charge on any atom is 0.307 e. The number of carboxylic acid groups (broad SMARTS) is 1. The summed E-state index contributed by atoms with van der Waals surface area (Å²) in [5, 5.41) is 9.33. The highest BCUT2D eigenvalue weighted by Crippen LogP contribution is 2.64. The lowest BCUT2D eigenvalue weighted by Gasteiger charge is -2.58. The predicted molar refractivity (Wildman–Crippen MR) is 146 cm³/mol. The Bertz CT molecular complexity index is 1090. The summed E-state index contributed by atoms with van der Waals surface area (Å²) in [7, 11) is 3.88. The van der Waals surface area contributed by atoms with Gasteiger partial charge in [-0.3, -0.25) is 14.4 Å². The van der Waals surface area contributed by atoms with Crippen LogP contribution in [0.25, 0.3) is 0 Å². The number of rotatable bonds is 10. The Kier molecular flexibility index (Phi) is 8.38. The van der Waals surface area contributed by atoms with Crippen molar-refractivity contribution in [2.75, 3.05) is 20.7 Å². The second-order valence-corrected chi connectivity index (χ2v) is 11.7. The molecule has 1 aromatic rings. The number of Topliss-reactive ketones (excluding diaryl/α,β-unsaturated/α-hetero) is 1. The van der Waals surface area contributed by atoms with Gasteiger partial charge in [0.1, 0.15) is 18.0 Å². The van der Waals surface area contributed by atoms with Crippen LogP contribution in [0.1, 0.15) is 69.9 Å². The second kappa shape index (κ2) is 11.1. The van der Waals surface area contributed by atoms with Crippen molar-refractivity contribution < 1.29 is 33.7 Å². The second-order valence-electron chi connectivity index (χ2n) is 11.7. The first kappa shape index (κ1) is 28.7. The first-order chi connectivity index (χ1) is 17.7. The van der Waals surface area contributed by atoms with Crippen LogP contribution in [0.15, 0.2) is 12.1 Å². The minimum absolute atomic E-state index is 0. The molecule has 1 saturated carbocycles. The number of piperidine rings is 1. The van der Waals surface area contributed by atoms with Gasteiger partial charge >= 0.3 is 11.9 Å². The number of benzene rings is 1. The molecule has 2 unspecified atom stereocenters. The Balaban J connectivity index is 0.00000336. The van der Waals surface area contributed by atoms with Crippen molar-refractivity contribution >= 4 is 31.2 Å². The smallest absolute Gasteiger partial charge is 0.307 e. The number of carbonyl (C=O) groups excluding carboxylic acids is 2. The van der Waals surface area contributed by atoms with E-state index < -0.39 is 11.9 Å². The lowest BCUT2D eigenvalue weighted by atomic mass is 9.51. The average molecular weight is 548 g/mol. The maximum absolute atomic E-state index is 12.9. The molecule has 2 fully saturated rings. The van der Waals surface area contributed by atoms with Gasteiger partial charge in [-0.1, -0.05) is 19.9 Å². The summed E-state index contributed by atoms with van der Waals surface area (Å²) >= 11 is 0. The van der Waals surface area contributed by atoms with E-state index in [1.54, 1.807) is 21.0 Å². The molecule has 9 heteroatoms. The summed E-state index contributed by atoms with van der Waals surface area (Å²) < 4.78 is 18.4. The molecule has 6 atom stereocenters. The average Bonchev–Trinajstić information content (AvgIpc) is 3.20. The number of likely N-dealkylation sites (tertiary alicyclic amines) is 1. The molecule has 0 amide bonds. The first-order valence-corrected chi connectivity index (χ1v) is 13.7. The number of likely N-dealkylation sites (N-methyl/N-ethyl adjacent to an activating group) is 1. The van der Waals surface area contributed by atoms with E-state index in [0.29, 0.717) is 18.4 Å². The number of carboxylic acids is 1. The first-order valence-electron chi connectivity index (χ1n) is 13.7. The molecule has 2 aliphatic heterocycles. The number of aliphatic carboxylic acids is 1. The largest absolute Gasteiger partial charge is 0.493 e. The van der Waals surface area contributed by atoms with Gasteiger partial charge in [0.15, 0.2) is 11.5 Å². The number of carbonyl (C=O) groups is 3. The third-order valence-corrected chi connectivity index (χ3v) is 9.43. The van der Waals surface area contributed by atoms with Gasteiger partial charge in [-0.15, -0.1) is 0 Å². The van der Waals surface area contributed by atoms with Crippen LogP contribution >= 0.6 is 13.5 Å². The third kappa shape index (κ3) is 4.70. The van der Waals surface area contributed by atoms with Crippen molar-refractivity contribution in [2.45, 2.75) is 88.9 Å². The fraction of sp³-hybridized carbons (Fsp3) is 0.690. The normalized spacial score (nSPS) is 29.5. The predicted octanol–water partition coefficient (Wildman–Crippen LogP) is 3.88. The van der Waals surface area contributed by atoms with Crippen molar-refractivity contribution in [2.24, 2.45) is 17.8 Å². The molecular weight excluding hydrogens is 506 g/mol. The van der Waals surface area contributed by atoms with Gasteiger partial charge in [0.2, 0.25) is 0 Å². The van der Waals surface area contributed by atoms with Gasteiger partial charge in [0.25, 0.3) is 0 Å². The zero-order valence-corrected chi connectivity index (χ0v) is 23.8. The maximum atomic E-state index is 12.9. The number of nitrogens with zero attached hydrogens (tertiary/aromatic N) is 1. The molecule has 1 spiro atoms. The lowest BCUT2D eigenvalue weighted by Crippen LogP contribution is -2.66. The molecule has 2 bridgehead atoms. The molecule has 210 valence electrons. The van der Waals surface area contributed by atoms with Crippen LogP contribution in [0.3, 0.4) is 0 Å². The molecular formula is C29H41NO7S. The molecule has 38 heavy (non-hydrogen) atoms. The van der Waals surface area contributed by atoms with Crippen molar-refractivity contribution in [3.63, 3.8) is 0 Å². The minimum atomic E-state index is -0.950. The number of methoxy groups -OCH3 is 1. The zero-order valence-electron chi connectivity index (χ0n) is 22.8. The van der Waals surface area contributed by atoms with E-state index >= 15 is 0 Å². The van der Waals surface area contributed by atoms with Crippen LogP contribution < -0.4 is 9.47 Å². The highest BCUT2D eigenvalue weighted by molar-refractivity contribution is 7.59. The van der Waals surface area contributed by atoms with Crippen LogP contribution in [-0.4, -0.2) is 66.7 Å². The van der Waals surface area contributed by atoms with Crippen molar-refractivity contribution in [1.29, 1.82) is 0 Å². The summed E-state index contributed by atoms with van der Waals surface area (Å²) in [6, 6.07) is 4.62. The molecule has 5 rings (SSSR count). The fourth-order valence-corrected chi connectivity index (χ4v) is 7.57. The van der Waals surface area contributed by atoms with Crippen LogP contribution in [0.4, 0.5) is 0 Å². The summed E-state index contributed by atoms with van der Waals surface area (Å²) in [5.74, 6) is -0.185. The van der Waals surface area contributed by atoms with E-state index in [2.05, 4.69) is 18.0 Å². The SMILES string of the molecule is COc1ccc2c3c1O[C@H]1[C@@H](OC(=O)CCCC(=O)CC(C(=O)O)C(C)C)CCC4[C@@H](C2)N(C)CC[C@@]341.S. The van der Waals surface area contributed by atoms with E-state index in [1.165, 1.54) is 11.1 Å². The van der Waals surface area contributed by atoms with Crippen molar-refractivity contribution in [3.05, 3.63) is 23.3 Å². The molecule has 4 aliphatic rings. The fourth-order valence-electron chi connectivity index (χ4n) is 7.57. The van der Waals surface area contributed by atoms with E-state index in [-0.39, 0.29) is 68.1 Å². The molecule has 1 saturated heterocycles. The van der Waals surface area contributed by atoms with Crippen molar-refractivity contribution in [3.8, 4) is 11.5 Å². The van der Waals surface area contributed by atoms with Gasteiger partial charge in [-0.05, 0) is 69.2 Å². The van der Waals surface area contributed by atoms with Crippen LogP contribution in [0.2, 0.25) is 0 Å². The highest BCUT2D eigenvalue weighted by Gasteiger charge is 2.66. The number of hydrogen-bond donors (Lipinski definition) is 1. The van der Waals surface area contributed by atoms with Crippen LogP contribution in [-0.2, 0) is 31.0 Å². The molecule has 2 aliphatic carbocycles. The Morgan fingerprint density at radius 3 is 2.66 bits per heavy atom. The summed E-state index contributed by atoms with van der Waals surface area (Å²) in [6.45, 7) is 4.59. The Morgan fingerprint density at radius 2 is 1.97 bits per heavy atom. The number of ketones is 1. The van der Waals surface area contributed by atoms with Crippen LogP contribution in [0.5, 0.6) is 11.5 Å². The Hall–Kier alpha value is -2.26. The van der Waals surface area contributed by atoms with E-state index in [9.17, 15) is 19.5 Å². The summed E-state index contributed by atoms with van der Waals surface area (Å²) in [6.07, 6.45) is 3.81. The van der Waals surface area contributed by atoms with Gasteiger partial charge < -0.3 is 24.2 Å². The molecule has 1 aromatic carbocycles. The number of hydrogen-bond acceptors (Lipinski definition) is 7. The molecule has 0 aromatic heterocycles. The monoisotopic (exact) mass is 547 g/mol. The minimum Gasteiger partial charge on any atom is -0.493 e. The van der Waals surface area contributed by atoms with Gasteiger partial charge in [-0.2, -0.15) is 13.5 Å². The third-order valence-electron chi connectivity index (χ3n) is 9.43. The summed E-state index contributed by atoms with van der Waals surface area (Å²) in [5.41, 5.74) is 2.42. The topological polar surface area (TPSA) is 102 Å². The molecule has 1 N–H and O–H groups in total. The highest BCUT2D eigenvalue weighted by atomic mass is 32.1.